The summed E-state index contributed by atoms with van der Waals surface area (Å²) in [6, 6.07) is 18.0. The van der Waals surface area contributed by atoms with Crippen LogP contribution in [0.1, 0.15) is 11.9 Å². The standard InChI is InChI=1S/C18H13IO3/c1-20-18-14-15(19)16(11-7-3-2-4-8-11)22-17(14)12-9-5-6-10-13(12)21-18/h2-10,18H,1H3. The molecule has 1 aliphatic rings. The summed E-state index contributed by atoms with van der Waals surface area (Å²) < 4.78 is 18.7. The second-order valence-corrected chi connectivity index (χ2v) is 6.11. The molecule has 0 saturated heterocycles. The fourth-order valence-electron chi connectivity index (χ4n) is 2.71. The first-order valence-electron chi connectivity index (χ1n) is 6.96. The first-order chi connectivity index (χ1) is 10.8. The minimum absolute atomic E-state index is 0.446. The number of furan rings is 1. The molecule has 0 aliphatic carbocycles. The van der Waals surface area contributed by atoms with Crippen molar-refractivity contribution in [3.63, 3.8) is 0 Å². The van der Waals surface area contributed by atoms with Gasteiger partial charge in [-0.25, -0.2) is 0 Å². The van der Waals surface area contributed by atoms with Gasteiger partial charge in [0.1, 0.15) is 17.3 Å². The van der Waals surface area contributed by atoms with Crippen LogP contribution in [0.4, 0.5) is 0 Å². The maximum atomic E-state index is 6.21. The highest BCUT2D eigenvalue weighted by molar-refractivity contribution is 14.1. The van der Waals surface area contributed by atoms with E-state index >= 15 is 0 Å². The lowest BCUT2D eigenvalue weighted by atomic mass is 10.0. The van der Waals surface area contributed by atoms with Crippen molar-refractivity contribution in [3.05, 3.63) is 63.7 Å². The molecule has 0 N–H and O–H groups in total. The number of fused-ring (bicyclic) bond motifs is 3. The molecule has 3 nitrogen and oxygen atoms in total. The Bertz CT molecular complexity index is 824. The van der Waals surface area contributed by atoms with E-state index < -0.39 is 6.29 Å². The number of hydrogen-bond donors (Lipinski definition) is 0. The lowest BCUT2D eigenvalue weighted by Crippen LogP contribution is -2.15. The fraction of sp³-hybridized carbons (Fsp3) is 0.111. The Hall–Kier alpha value is -1.79. The van der Waals surface area contributed by atoms with E-state index in [9.17, 15) is 0 Å². The monoisotopic (exact) mass is 404 g/mol. The highest BCUT2D eigenvalue weighted by atomic mass is 127. The predicted molar refractivity (Wildman–Crippen MR) is 92.7 cm³/mol. The SMILES string of the molecule is COC1Oc2ccccc2-c2oc(-c3ccccc3)c(I)c21. The Morgan fingerprint density at radius 2 is 1.68 bits per heavy atom. The van der Waals surface area contributed by atoms with Crippen LogP contribution in [-0.2, 0) is 4.74 Å². The van der Waals surface area contributed by atoms with E-state index in [1.807, 2.05) is 54.6 Å². The zero-order valence-electron chi connectivity index (χ0n) is 11.9. The summed E-state index contributed by atoms with van der Waals surface area (Å²) in [6.07, 6.45) is -0.446. The number of ether oxygens (including phenoxy) is 2. The van der Waals surface area contributed by atoms with Crippen LogP contribution in [0, 0.1) is 3.57 Å². The van der Waals surface area contributed by atoms with Crippen molar-refractivity contribution in [2.24, 2.45) is 0 Å². The summed E-state index contributed by atoms with van der Waals surface area (Å²) in [5.41, 5.74) is 2.97. The molecule has 22 heavy (non-hydrogen) atoms. The van der Waals surface area contributed by atoms with Gasteiger partial charge in [-0.05, 0) is 34.7 Å². The summed E-state index contributed by atoms with van der Waals surface area (Å²) in [7, 11) is 1.65. The quantitative estimate of drug-likeness (QED) is 0.547. The highest BCUT2D eigenvalue weighted by Gasteiger charge is 2.33. The molecule has 4 heteroatoms. The molecule has 1 atom stereocenters. The molecule has 0 fully saturated rings. The third-order valence-corrected chi connectivity index (χ3v) is 4.81. The van der Waals surface area contributed by atoms with Crippen LogP contribution in [0.15, 0.2) is 59.0 Å². The van der Waals surface area contributed by atoms with E-state index in [1.54, 1.807) is 7.11 Å². The van der Waals surface area contributed by atoms with E-state index in [0.29, 0.717) is 0 Å². The van der Waals surface area contributed by atoms with Gasteiger partial charge >= 0.3 is 0 Å². The normalized spacial score (nSPS) is 15.8. The Labute approximate surface area is 142 Å². The van der Waals surface area contributed by atoms with Crippen LogP contribution in [0.3, 0.4) is 0 Å². The van der Waals surface area contributed by atoms with Crippen LogP contribution in [0.5, 0.6) is 5.75 Å². The van der Waals surface area contributed by atoms with Crippen molar-refractivity contribution in [3.8, 4) is 28.4 Å². The first kappa shape index (κ1) is 13.8. The van der Waals surface area contributed by atoms with Crippen molar-refractivity contribution in [2.45, 2.75) is 6.29 Å². The van der Waals surface area contributed by atoms with Crippen molar-refractivity contribution >= 4 is 22.6 Å². The van der Waals surface area contributed by atoms with E-state index in [1.165, 1.54) is 0 Å². The summed E-state index contributed by atoms with van der Waals surface area (Å²) in [4.78, 5) is 0. The molecule has 1 aliphatic heterocycles. The number of rotatable bonds is 2. The summed E-state index contributed by atoms with van der Waals surface area (Å²) in [5, 5.41) is 0. The number of para-hydroxylation sites is 1. The largest absolute Gasteiger partial charge is 0.460 e. The van der Waals surface area contributed by atoms with E-state index in [0.717, 1.165) is 37.5 Å². The van der Waals surface area contributed by atoms with Gasteiger partial charge in [-0.15, -0.1) is 0 Å². The van der Waals surface area contributed by atoms with Gasteiger partial charge in [0, 0.05) is 12.7 Å². The topological polar surface area (TPSA) is 31.6 Å². The van der Waals surface area contributed by atoms with Crippen molar-refractivity contribution < 1.29 is 13.9 Å². The van der Waals surface area contributed by atoms with Gasteiger partial charge in [-0.1, -0.05) is 42.5 Å². The van der Waals surface area contributed by atoms with Gasteiger partial charge in [0.2, 0.25) is 6.29 Å². The molecule has 1 unspecified atom stereocenters. The van der Waals surface area contributed by atoms with Gasteiger partial charge < -0.3 is 13.9 Å². The molecule has 0 radical (unpaired) electrons. The lowest BCUT2D eigenvalue weighted by Gasteiger charge is -2.24. The number of halogens is 1. The summed E-state index contributed by atoms with van der Waals surface area (Å²) >= 11 is 2.31. The fourth-order valence-corrected chi connectivity index (χ4v) is 3.63. The molecule has 0 bridgehead atoms. The summed E-state index contributed by atoms with van der Waals surface area (Å²) in [6.45, 7) is 0. The lowest BCUT2D eigenvalue weighted by molar-refractivity contribution is -0.0588. The summed E-state index contributed by atoms with van der Waals surface area (Å²) in [5.74, 6) is 2.47. The molecule has 110 valence electrons. The first-order valence-corrected chi connectivity index (χ1v) is 8.04. The van der Waals surface area contributed by atoms with Crippen molar-refractivity contribution in [1.29, 1.82) is 0 Å². The van der Waals surface area contributed by atoms with E-state index in [-0.39, 0.29) is 0 Å². The van der Waals surface area contributed by atoms with E-state index in [2.05, 4.69) is 22.6 Å². The van der Waals surface area contributed by atoms with Crippen LogP contribution in [-0.4, -0.2) is 7.11 Å². The molecule has 0 spiro atoms. The highest BCUT2D eigenvalue weighted by Crippen LogP contribution is 2.48. The molecule has 2 heterocycles. The Kier molecular flexibility index (Phi) is 3.43. The van der Waals surface area contributed by atoms with Crippen molar-refractivity contribution in [1.82, 2.24) is 0 Å². The maximum absolute atomic E-state index is 6.21. The third-order valence-electron chi connectivity index (χ3n) is 3.74. The van der Waals surface area contributed by atoms with Gasteiger partial charge in [0.25, 0.3) is 0 Å². The Morgan fingerprint density at radius 1 is 0.955 bits per heavy atom. The zero-order valence-corrected chi connectivity index (χ0v) is 14.0. The average molecular weight is 404 g/mol. The molecule has 3 aromatic rings. The molecular formula is C18H13IO3. The second-order valence-electron chi connectivity index (χ2n) is 5.04. The predicted octanol–water partition coefficient (Wildman–Crippen LogP) is 5.26. The minimum Gasteiger partial charge on any atom is -0.460 e. The van der Waals surface area contributed by atoms with Gasteiger partial charge in [-0.2, -0.15) is 0 Å². The molecule has 4 rings (SSSR count). The maximum Gasteiger partial charge on any atom is 0.231 e. The molecular weight excluding hydrogens is 391 g/mol. The van der Waals surface area contributed by atoms with Crippen LogP contribution in [0.25, 0.3) is 22.6 Å². The van der Waals surface area contributed by atoms with E-state index in [4.69, 9.17) is 13.9 Å². The van der Waals surface area contributed by atoms with Gasteiger partial charge in [-0.3, -0.25) is 0 Å². The smallest absolute Gasteiger partial charge is 0.231 e. The van der Waals surface area contributed by atoms with Gasteiger partial charge in [0.05, 0.1) is 14.7 Å². The van der Waals surface area contributed by atoms with Crippen molar-refractivity contribution in [2.75, 3.05) is 7.11 Å². The Balaban J connectivity index is 1.97. The van der Waals surface area contributed by atoms with Crippen LogP contribution in [0.2, 0.25) is 0 Å². The number of hydrogen-bond acceptors (Lipinski definition) is 3. The molecule has 0 amide bonds. The van der Waals surface area contributed by atoms with Crippen LogP contribution >= 0.6 is 22.6 Å². The molecule has 1 aromatic heterocycles. The van der Waals surface area contributed by atoms with Gasteiger partial charge in [0.15, 0.2) is 0 Å². The minimum atomic E-state index is -0.446. The number of benzene rings is 2. The van der Waals surface area contributed by atoms with Crippen LogP contribution < -0.4 is 4.74 Å². The zero-order chi connectivity index (χ0) is 15.1. The third kappa shape index (κ3) is 2.06. The molecule has 0 saturated carbocycles. The molecule has 2 aromatic carbocycles. The second kappa shape index (κ2) is 5.44. The Morgan fingerprint density at radius 3 is 2.45 bits per heavy atom. The average Bonchev–Trinajstić information content (AvgIpc) is 2.93. The number of methoxy groups -OCH3 is 1.